The van der Waals surface area contributed by atoms with Crippen molar-refractivity contribution in [3.8, 4) is 6.07 Å². The lowest BCUT2D eigenvalue weighted by Crippen LogP contribution is -2.41. The van der Waals surface area contributed by atoms with E-state index in [2.05, 4.69) is 27.3 Å². The summed E-state index contributed by atoms with van der Waals surface area (Å²) < 4.78 is 12.3. The van der Waals surface area contributed by atoms with Crippen molar-refractivity contribution in [2.24, 2.45) is 0 Å². The van der Waals surface area contributed by atoms with E-state index < -0.39 is 18.3 Å². The van der Waals surface area contributed by atoms with Gasteiger partial charge in [-0.1, -0.05) is 28.1 Å². The van der Waals surface area contributed by atoms with Crippen LogP contribution in [0.3, 0.4) is 0 Å². The summed E-state index contributed by atoms with van der Waals surface area (Å²) in [6.07, 6.45) is 1.94. The molecule has 1 amide bonds. The van der Waals surface area contributed by atoms with Crippen molar-refractivity contribution < 1.29 is 14.1 Å². The number of nitrogens with one attached hydrogen (secondary N) is 1. The van der Waals surface area contributed by atoms with Gasteiger partial charge in [-0.05, 0) is 56.4 Å². The molecule has 1 saturated heterocycles. The van der Waals surface area contributed by atoms with E-state index >= 15 is 0 Å². The normalized spacial score (nSPS) is 18.5. The van der Waals surface area contributed by atoms with Gasteiger partial charge in [-0.25, -0.2) is 0 Å². The van der Waals surface area contributed by atoms with Gasteiger partial charge in [-0.2, -0.15) is 5.26 Å². The van der Waals surface area contributed by atoms with E-state index in [4.69, 9.17) is 9.31 Å². The number of amides is 1. The lowest BCUT2D eigenvalue weighted by Gasteiger charge is -2.32. The number of carbonyl (C=O) groups is 1. The second-order valence-corrected chi connectivity index (χ2v) is 7.94. The second-order valence-electron chi connectivity index (χ2n) is 7.38. The molecule has 138 valence electrons. The first-order valence-electron chi connectivity index (χ1n) is 8.49. The Bertz CT molecular complexity index is 753. The number of halogens is 1. The number of benzene rings is 1. The van der Waals surface area contributed by atoms with Gasteiger partial charge < -0.3 is 14.6 Å². The molecule has 1 aromatic carbocycles. The average molecular weight is 419 g/mol. The number of nitriles is 1. The molecule has 0 radical (unpaired) electrons. The van der Waals surface area contributed by atoms with Crippen LogP contribution in [0.4, 0.5) is 0 Å². The third kappa shape index (κ3) is 4.56. The van der Waals surface area contributed by atoms with Crippen molar-refractivity contribution >= 4 is 35.0 Å². The van der Waals surface area contributed by atoms with Crippen molar-refractivity contribution in [3.63, 3.8) is 0 Å². The highest BCUT2D eigenvalue weighted by Crippen LogP contribution is 2.38. The summed E-state index contributed by atoms with van der Waals surface area (Å²) >= 11 is 3.48. The molecule has 0 aromatic heterocycles. The van der Waals surface area contributed by atoms with Crippen LogP contribution >= 0.6 is 15.9 Å². The molecule has 0 spiro atoms. The quantitative estimate of drug-likeness (QED) is 0.585. The summed E-state index contributed by atoms with van der Waals surface area (Å²) in [7, 11) is -0.569. The predicted octanol–water partition coefficient (Wildman–Crippen LogP) is 3.60. The summed E-state index contributed by atoms with van der Waals surface area (Å²) in [5.41, 5.74) is 2.38. The predicted molar refractivity (Wildman–Crippen MR) is 107 cm³/mol. The van der Waals surface area contributed by atoms with Gasteiger partial charge in [0.1, 0.15) is 0 Å². The molecule has 1 N–H and O–H groups in total. The smallest absolute Gasteiger partial charge is 0.400 e. The molecule has 0 bridgehead atoms. The van der Waals surface area contributed by atoms with Gasteiger partial charge in [-0.3, -0.25) is 4.79 Å². The highest BCUT2D eigenvalue weighted by atomic mass is 79.9. The molecule has 0 atom stereocenters. The second kappa shape index (κ2) is 7.95. The number of nitrogens with zero attached hydrogens (tertiary/aromatic N) is 1. The first kappa shape index (κ1) is 20.7. The Balaban J connectivity index is 2.44. The van der Waals surface area contributed by atoms with Crippen LogP contribution in [0.2, 0.25) is 0 Å². The van der Waals surface area contributed by atoms with Crippen molar-refractivity contribution in [3.05, 3.63) is 40.4 Å². The molecule has 0 aliphatic carbocycles. The van der Waals surface area contributed by atoms with Crippen LogP contribution in [0.25, 0.3) is 6.08 Å². The molecule has 5 nitrogen and oxygen atoms in total. The molecule has 1 aromatic rings. The van der Waals surface area contributed by atoms with E-state index in [0.29, 0.717) is 17.4 Å². The van der Waals surface area contributed by atoms with Gasteiger partial charge in [0.2, 0.25) is 5.91 Å². The molecule has 7 heteroatoms. The van der Waals surface area contributed by atoms with E-state index in [9.17, 15) is 10.1 Å². The molecule has 1 fully saturated rings. The minimum absolute atomic E-state index is 0.126. The molecule has 26 heavy (non-hydrogen) atoms. The lowest BCUT2D eigenvalue weighted by atomic mass is 9.76. The Morgan fingerprint density at radius 3 is 2.42 bits per heavy atom. The van der Waals surface area contributed by atoms with E-state index in [0.717, 1.165) is 16.6 Å². The Morgan fingerprint density at radius 1 is 1.31 bits per heavy atom. The maximum atomic E-state index is 11.4. The van der Waals surface area contributed by atoms with Crippen molar-refractivity contribution in [2.75, 3.05) is 6.54 Å². The molecule has 1 aliphatic rings. The number of carbonyl (C=O) groups excluding carboxylic acids is 1. The Kier molecular flexibility index (Phi) is 6.33. The van der Waals surface area contributed by atoms with Crippen molar-refractivity contribution in [2.45, 2.75) is 51.2 Å². The van der Waals surface area contributed by atoms with Gasteiger partial charge in [0.05, 0.1) is 22.8 Å². The zero-order valence-electron chi connectivity index (χ0n) is 15.9. The molecular weight excluding hydrogens is 395 g/mol. The third-order valence-electron chi connectivity index (χ3n) is 4.86. The number of alkyl halides is 1. The van der Waals surface area contributed by atoms with Gasteiger partial charge in [0, 0.05) is 18.8 Å². The van der Waals surface area contributed by atoms with E-state index in [-0.39, 0.29) is 5.91 Å². The minimum Gasteiger partial charge on any atom is -0.400 e. The molecule has 0 unspecified atom stereocenters. The average Bonchev–Trinajstić information content (AvgIpc) is 2.78. The van der Waals surface area contributed by atoms with Crippen LogP contribution in [0.5, 0.6) is 0 Å². The van der Waals surface area contributed by atoms with Crippen LogP contribution in [-0.2, 0) is 19.4 Å². The molecule has 1 aliphatic heterocycles. The minimum atomic E-state index is -0.569. The summed E-state index contributed by atoms with van der Waals surface area (Å²) in [4.78, 5) is 11.4. The van der Waals surface area contributed by atoms with Crippen LogP contribution < -0.4 is 5.32 Å². The summed E-state index contributed by atoms with van der Waals surface area (Å²) in [5, 5.41) is 12.7. The van der Waals surface area contributed by atoms with Crippen LogP contribution in [-0.4, -0.2) is 30.8 Å². The Hall–Kier alpha value is -1.62. The first-order chi connectivity index (χ1) is 12.1. The van der Waals surface area contributed by atoms with Gasteiger partial charge in [0.15, 0.2) is 0 Å². The highest BCUT2D eigenvalue weighted by molar-refractivity contribution is 9.08. The number of rotatable bonds is 5. The largest absolute Gasteiger partial charge is 0.492 e. The monoisotopic (exact) mass is 418 g/mol. The van der Waals surface area contributed by atoms with Gasteiger partial charge >= 0.3 is 7.12 Å². The summed E-state index contributed by atoms with van der Waals surface area (Å²) in [6.45, 7) is 9.74. The third-order valence-corrected chi connectivity index (χ3v) is 5.46. The number of hydrogen-bond acceptors (Lipinski definition) is 4. The molecule has 0 saturated carbocycles. The highest BCUT2D eigenvalue weighted by Gasteiger charge is 2.52. The fraction of sp³-hybridized carbons (Fsp3) is 0.474. The van der Waals surface area contributed by atoms with Gasteiger partial charge in [-0.15, -0.1) is 0 Å². The Labute approximate surface area is 164 Å². The zero-order valence-corrected chi connectivity index (χ0v) is 17.4. The van der Waals surface area contributed by atoms with Crippen molar-refractivity contribution in [1.29, 1.82) is 5.26 Å². The summed E-state index contributed by atoms with van der Waals surface area (Å²) in [5.74, 6) is -0.126. The summed E-state index contributed by atoms with van der Waals surface area (Å²) in [6, 6.07) is 7.69. The fourth-order valence-electron chi connectivity index (χ4n) is 2.54. The Morgan fingerprint density at radius 2 is 1.92 bits per heavy atom. The maximum absolute atomic E-state index is 11.4. The first-order valence-corrected chi connectivity index (χ1v) is 9.61. The topological polar surface area (TPSA) is 71.4 Å². The van der Waals surface area contributed by atoms with E-state index in [1.54, 1.807) is 6.07 Å². The zero-order chi connectivity index (χ0) is 19.5. The lowest BCUT2D eigenvalue weighted by molar-refractivity contribution is -0.118. The fourth-order valence-corrected chi connectivity index (χ4v) is 3.05. The molecule has 2 rings (SSSR count). The van der Waals surface area contributed by atoms with Gasteiger partial charge in [0.25, 0.3) is 0 Å². The van der Waals surface area contributed by atoms with Crippen LogP contribution in [0.15, 0.2) is 23.7 Å². The van der Waals surface area contributed by atoms with Crippen LogP contribution in [0, 0.1) is 11.3 Å². The maximum Gasteiger partial charge on any atom is 0.492 e. The van der Waals surface area contributed by atoms with Crippen molar-refractivity contribution in [1.82, 2.24) is 5.32 Å². The standard InChI is InChI=1S/C19H24BBrN2O3/c1-13(24)23-12-17(20-25-18(2,3)19(4,5)26-20)9-16-8-14(11-22)6-7-15(16)10-21/h6-9H,10,12H2,1-5H3,(H,23,24). The van der Waals surface area contributed by atoms with E-state index in [1.807, 2.05) is 45.9 Å². The molecular formula is C19H24BBrN2O3. The van der Waals surface area contributed by atoms with E-state index in [1.165, 1.54) is 6.92 Å². The molecule has 1 heterocycles. The van der Waals surface area contributed by atoms with Crippen LogP contribution in [0.1, 0.15) is 51.3 Å². The SMILES string of the molecule is CC(=O)NCC(=Cc1cc(C#N)ccc1CBr)B1OC(C)(C)C(C)(C)O1. The number of hydrogen-bond donors (Lipinski definition) is 1.